The van der Waals surface area contributed by atoms with E-state index in [4.69, 9.17) is 0 Å². The molecule has 0 aromatic carbocycles. The Kier molecular flexibility index (Phi) is 7.18. The molecule has 1 heterocycles. The molecule has 5 heteroatoms. The van der Waals surface area contributed by atoms with E-state index in [1.807, 2.05) is 6.07 Å². The number of nitrogens with one attached hydrogen (secondary N) is 1. The highest BCUT2D eigenvalue weighted by Crippen LogP contribution is 2.02. The fraction of sp³-hybridized carbons (Fsp3) is 0.600. The number of likely N-dealkylation sites (N-methyl/N-ethyl adjacent to an activating group) is 1. The number of pyridine rings is 1. The van der Waals surface area contributed by atoms with Crippen molar-refractivity contribution >= 4 is 5.97 Å². The van der Waals surface area contributed by atoms with E-state index in [1.165, 1.54) is 7.11 Å². The maximum absolute atomic E-state index is 11.3. The van der Waals surface area contributed by atoms with E-state index in [2.05, 4.69) is 40.8 Å². The summed E-state index contributed by atoms with van der Waals surface area (Å²) >= 11 is 0. The summed E-state index contributed by atoms with van der Waals surface area (Å²) in [5, 5.41) is 3.35. The lowest BCUT2D eigenvalue weighted by molar-refractivity contribution is 0.0600. The van der Waals surface area contributed by atoms with Crippen molar-refractivity contribution in [3.63, 3.8) is 0 Å². The molecule has 0 aliphatic rings. The molecule has 112 valence electrons. The molecular weight excluding hydrogens is 254 g/mol. The molecule has 1 rings (SSSR count). The minimum absolute atomic E-state index is 0.354. The molecule has 0 bridgehead atoms. The Labute approximate surface area is 121 Å². The maximum atomic E-state index is 11.3. The quantitative estimate of drug-likeness (QED) is 0.580. The maximum Gasteiger partial charge on any atom is 0.339 e. The fourth-order valence-electron chi connectivity index (χ4n) is 1.77. The largest absolute Gasteiger partial charge is 0.465 e. The molecule has 0 fully saturated rings. The first kappa shape index (κ1) is 16.6. The molecule has 0 saturated heterocycles. The molecule has 5 nitrogen and oxygen atoms in total. The van der Waals surface area contributed by atoms with E-state index in [-0.39, 0.29) is 5.97 Å². The third kappa shape index (κ3) is 5.27. The zero-order valence-electron chi connectivity index (χ0n) is 12.8. The van der Waals surface area contributed by atoms with Crippen LogP contribution in [-0.2, 0) is 11.3 Å². The van der Waals surface area contributed by atoms with Crippen LogP contribution in [0.15, 0.2) is 18.3 Å². The van der Waals surface area contributed by atoms with Crippen LogP contribution in [0.2, 0.25) is 0 Å². The Hall–Kier alpha value is -1.46. The van der Waals surface area contributed by atoms with Crippen LogP contribution in [0.25, 0.3) is 0 Å². The zero-order chi connectivity index (χ0) is 15.0. The Balaban J connectivity index is 2.30. The Morgan fingerprint density at radius 2 is 2.25 bits per heavy atom. The lowest BCUT2D eigenvalue weighted by atomic mass is 10.2. The molecule has 0 amide bonds. The number of methoxy groups -OCH3 is 1. The third-order valence-corrected chi connectivity index (χ3v) is 3.54. The van der Waals surface area contributed by atoms with Crippen molar-refractivity contribution in [3.8, 4) is 0 Å². The second kappa shape index (κ2) is 8.66. The standard InChI is InChI=1S/C15H25N3O2/c1-5-12(2)18(3)9-8-16-11-14-7-6-13(10-17-14)15(19)20-4/h6-7,10,12,16H,5,8-9,11H2,1-4H3. The van der Waals surface area contributed by atoms with Crippen LogP contribution in [0.4, 0.5) is 0 Å². The average molecular weight is 279 g/mol. The molecule has 1 aromatic heterocycles. The molecule has 1 N–H and O–H groups in total. The molecular formula is C15H25N3O2. The van der Waals surface area contributed by atoms with Crippen LogP contribution in [0.1, 0.15) is 36.3 Å². The number of ether oxygens (including phenoxy) is 1. The van der Waals surface area contributed by atoms with Gasteiger partial charge in [-0.15, -0.1) is 0 Å². The van der Waals surface area contributed by atoms with Gasteiger partial charge in [0.15, 0.2) is 0 Å². The lowest BCUT2D eigenvalue weighted by Gasteiger charge is -2.23. The van der Waals surface area contributed by atoms with Gasteiger partial charge in [-0.25, -0.2) is 4.79 Å². The summed E-state index contributed by atoms with van der Waals surface area (Å²) in [6, 6.07) is 4.19. The predicted octanol–water partition coefficient (Wildman–Crippen LogP) is 1.69. The van der Waals surface area contributed by atoms with Crippen molar-refractivity contribution in [1.82, 2.24) is 15.2 Å². The SMILES string of the molecule is CCC(C)N(C)CCNCc1ccc(C(=O)OC)cn1. The summed E-state index contributed by atoms with van der Waals surface area (Å²) in [5.74, 6) is -0.354. The van der Waals surface area contributed by atoms with E-state index in [0.29, 0.717) is 18.2 Å². The highest BCUT2D eigenvalue weighted by atomic mass is 16.5. The van der Waals surface area contributed by atoms with Gasteiger partial charge in [-0.05, 0) is 32.5 Å². The van der Waals surface area contributed by atoms with E-state index in [9.17, 15) is 4.79 Å². The first-order valence-corrected chi connectivity index (χ1v) is 7.02. The summed E-state index contributed by atoms with van der Waals surface area (Å²) in [4.78, 5) is 17.8. The molecule has 1 unspecified atom stereocenters. The minimum Gasteiger partial charge on any atom is -0.465 e. The predicted molar refractivity (Wildman–Crippen MR) is 79.7 cm³/mol. The van der Waals surface area contributed by atoms with Crippen molar-refractivity contribution in [3.05, 3.63) is 29.6 Å². The van der Waals surface area contributed by atoms with Gasteiger partial charge in [0.25, 0.3) is 0 Å². The summed E-state index contributed by atoms with van der Waals surface area (Å²) in [6.45, 7) is 7.06. The molecule has 0 aliphatic carbocycles. The van der Waals surface area contributed by atoms with Gasteiger partial charge in [-0.1, -0.05) is 6.92 Å². The molecule has 0 aliphatic heterocycles. The number of aromatic nitrogens is 1. The van der Waals surface area contributed by atoms with Crippen LogP contribution in [0.5, 0.6) is 0 Å². The van der Waals surface area contributed by atoms with E-state index >= 15 is 0 Å². The number of carbonyl (C=O) groups is 1. The highest BCUT2D eigenvalue weighted by Gasteiger charge is 2.06. The summed E-state index contributed by atoms with van der Waals surface area (Å²) in [6.07, 6.45) is 2.71. The van der Waals surface area contributed by atoms with Crippen molar-refractivity contribution in [1.29, 1.82) is 0 Å². The molecule has 0 spiro atoms. The molecule has 0 radical (unpaired) electrons. The first-order valence-electron chi connectivity index (χ1n) is 7.02. The van der Waals surface area contributed by atoms with Crippen molar-refractivity contribution in [2.75, 3.05) is 27.2 Å². The number of hydrogen-bond acceptors (Lipinski definition) is 5. The van der Waals surface area contributed by atoms with E-state index in [1.54, 1.807) is 12.3 Å². The first-order chi connectivity index (χ1) is 9.58. The van der Waals surface area contributed by atoms with Crippen LogP contribution in [0.3, 0.4) is 0 Å². The second-order valence-electron chi connectivity index (χ2n) is 4.94. The van der Waals surface area contributed by atoms with Gasteiger partial charge >= 0.3 is 5.97 Å². The Morgan fingerprint density at radius 3 is 2.80 bits per heavy atom. The number of esters is 1. The molecule has 1 aromatic rings. The molecule has 20 heavy (non-hydrogen) atoms. The molecule has 1 atom stereocenters. The topological polar surface area (TPSA) is 54.5 Å². The van der Waals surface area contributed by atoms with Gasteiger partial charge in [-0.3, -0.25) is 4.98 Å². The summed E-state index contributed by atoms with van der Waals surface area (Å²) < 4.78 is 4.63. The smallest absolute Gasteiger partial charge is 0.339 e. The zero-order valence-corrected chi connectivity index (χ0v) is 12.8. The van der Waals surface area contributed by atoms with Crippen LogP contribution in [-0.4, -0.2) is 49.1 Å². The Morgan fingerprint density at radius 1 is 1.50 bits per heavy atom. The summed E-state index contributed by atoms with van der Waals surface area (Å²) in [7, 11) is 3.50. The Bertz CT molecular complexity index is 406. The van der Waals surface area contributed by atoms with Crippen LogP contribution in [0, 0.1) is 0 Å². The monoisotopic (exact) mass is 279 g/mol. The van der Waals surface area contributed by atoms with Gasteiger partial charge in [0, 0.05) is 31.9 Å². The average Bonchev–Trinajstić information content (AvgIpc) is 2.50. The van der Waals surface area contributed by atoms with E-state index < -0.39 is 0 Å². The van der Waals surface area contributed by atoms with Gasteiger partial charge in [0.2, 0.25) is 0 Å². The van der Waals surface area contributed by atoms with Gasteiger partial charge < -0.3 is 15.0 Å². The fourth-order valence-corrected chi connectivity index (χ4v) is 1.77. The van der Waals surface area contributed by atoms with Crippen LogP contribution < -0.4 is 5.32 Å². The van der Waals surface area contributed by atoms with Gasteiger partial charge in [-0.2, -0.15) is 0 Å². The molecule has 0 saturated carbocycles. The lowest BCUT2D eigenvalue weighted by Crippen LogP contribution is -2.34. The third-order valence-electron chi connectivity index (χ3n) is 3.54. The summed E-state index contributed by atoms with van der Waals surface area (Å²) in [5.41, 5.74) is 1.40. The van der Waals surface area contributed by atoms with Crippen molar-refractivity contribution in [2.24, 2.45) is 0 Å². The number of carbonyl (C=O) groups excluding carboxylic acids is 1. The van der Waals surface area contributed by atoms with Gasteiger partial charge in [0.05, 0.1) is 18.4 Å². The number of hydrogen-bond donors (Lipinski definition) is 1. The normalized spacial score (nSPS) is 12.4. The van der Waals surface area contributed by atoms with Crippen molar-refractivity contribution < 1.29 is 9.53 Å². The van der Waals surface area contributed by atoms with Gasteiger partial charge in [0.1, 0.15) is 0 Å². The highest BCUT2D eigenvalue weighted by molar-refractivity contribution is 5.88. The second-order valence-corrected chi connectivity index (χ2v) is 4.94. The minimum atomic E-state index is -0.354. The van der Waals surface area contributed by atoms with E-state index in [0.717, 1.165) is 25.2 Å². The number of rotatable bonds is 8. The van der Waals surface area contributed by atoms with Crippen molar-refractivity contribution in [2.45, 2.75) is 32.9 Å². The van der Waals surface area contributed by atoms with Crippen LogP contribution >= 0.6 is 0 Å². The number of nitrogens with zero attached hydrogens (tertiary/aromatic N) is 2.